The molecule has 1 fully saturated rings. The van der Waals surface area contributed by atoms with Gasteiger partial charge in [-0.05, 0) is 24.1 Å². The molecule has 1 saturated heterocycles. The Hall–Kier alpha value is -2.37. The summed E-state index contributed by atoms with van der Waals surface area (Å²) >= 11 is 0. The smallest absolute Gasteiger partial charge is 0.407 e. The van der Waals surface area contributed by atoms with E-state index in [2.05, 4.69) is 22.3 Å². The zero-order valence-electron chi connectivity index (χ0n) is 14.9. The topological polar surface area (TPSA) is 61.8 Å². The number of ether oxygens (including phenoxy) is 1. The molecule has 3 rings (SSSR count). The summed E-state index contributed by atoms with van der Waals surface area (Å²) in [6, 6.07) is 19.8. The van der Waals surface area contributed by atoms with E-state index in [1.165, 1.54) is 5.56 Å². The second kappa shape index (κ2) is 9.36. The average molecular weight is 354 g/mol. The van der Waals surface area contributed by atoms with Crippen LogP contribution in [0.1, 0.15) is 17.5 Å². The predicted molar refractivity (Wildman–Crippen MR) is 100 cm³/mol. The summed E-state index contributed by atoms with van der Waals surface area (Å²) in [5.74, 6) is 0.0614. The summed E-state index contributed by atoms with van der Waals surface area (Å²) in [4.78, 5) is 14.5. The number of aliphatic hydroxyl groups is 1. The van der Waals surface area contributed by atoms with Gasteiger partial charge in [-0.15, -0.1) is 0 Å². The minimum Gasteiger partial charge on any atom is -0.445 e. The van der Waals surface area contributed by atoms with Crippen LogP contribution in [0, 0.1) is 5.92 Å². The zero-order chi connectivity index (χ0) is 18.2. The first-order chi connectivity index (χ1) is 12.7. The number of hydrogen-bond donors (Lipinski definition) is 2. The van der Waals surface area contributed by atoms with Crippen molar-refractivity contribution in [3.63, 3.8) is 0 Å². The van der Waals surface area contributed by atoms with Gasteiger partial charge in [0.05, 0.1) is 0 Å². The van der Waals surface area contributed by atoms with Gasteiger partial charge >= 0.3 is 6.09 Å². The lowest BCUT2D eigenvalue weighted by Crippen LogP contribution is -2.53. The molecule has 1 amide bonds. The minimum atomic E-state index is -0.432. The molecular formula is C21H26N2O3. The predicted octanol–water partition coefficient (Wildman–Crippen LogP) is 2.80. The molecule has 138 valence electrons. The lowest BCUT2D eigenvalue weighted by molar-refractivity contribution is 0.0795. The lowest BCUT2D eigenvalue weighted by Gasteiger charge is -2.38. The van der Waals surface area contributed by atoms with Crippen LogP contribution in [0.3, 0.4) is 0 Å². The number of aliphatic hydroxyl groups excluding tert-OH is 1. The number of benzene rings is 2. The molecule has 2 N–H and O–H groups in total. The van der Waals surface area contributed by atoms with Gasteiger partial charge in [0.1, 0.15) is 6.61 Å². The number of carbonyl (C=O) groups is 1. The summed E-state index contributed by atoms with van der Waals surface area (Å²) in [7, 11) is 0. The highest BCUT2D eigenvalue weighted by Gasteiger charge is 2.30. The molecule has 1 aliphatic heterocycles. The van der Waals surface area contributed by atoms with E-state index >= 15 is 0 Å². The van der Waals surface area contributed by atoms with Crippen molar-refractivity contribution in [1.29, 1.82) is 0 Å². The largest absolute Gasteiger partial charge is 0.445 e. The molecule has 0 aromatic heterocycles. The Bertz CT molecular complexity index is 678. The van der Waals surface area contributed by atoms with E-state index in [9.17, 15) is 9.90 Å². The maximum absolute atomic E-state index is 12.2. The van der Waals surface area contributed by atoms with Crippen molar-refractivity contribution in [3.05, 3.63) is 71.8 Å². The highest BCUT2D eigenvalue weighted by atomic mass is 16.5. The fourth-order valence-corrected chi connectivity index (χ4v) is 3.35. The number of carbonyl (C=O) groups excluding carboxylic acids is 1. The molecule has 0 saturated carbocycles. The van der Waals surface area contributed by atoms with Crippen molar-refractivity contribution >= 4 is 6.09 Å². The van der Waals surface area contributed by atoms with E-state index in [0.29, 0.717) is 6.54 Å². The molecule has 0 radical (unpaired) electrons. The number of rotatable bonds is 6. The van der Waals surface area contributed by atoms with E-state index in [0.717, 1.165) is 25.1 Å². The molecule has 0 bridgehead atoms. The number of nitrogens with one attached hydrogen (secondary N) is 1. The van der Waals surface area contributed by atoms with Gasteiger partial charge in [0, 0.05) is 31.7 Å². The number of alkyl carbamates (subject to hydrolysis) is 1. The third-order valence-corrected chi connectivity index (χ3v) is 4.84. The fraction of sp³-hybridized carbons (Fsp3) is 0.381. The maximum atomic E-state index is 12.2. The summed E-state index contributed by atoms with van der Waals surface area (Å²) in [6.45, 7) is 2.79. The molecule has 1 heterocycles. The van der Waals surface area contributed by atoms with Crippen LogP contribution in [-0.2, 0) is 17.9 Å². The Morgan fingerprint density at radius 3 is 2.38 bits per heavy atom. The number of likely N-dealkylation sites (tertiary alicyclic amines) is 1. The van der Waals surface area contributed by atoms with Gasteiger partial charge in [0.25, 0.3) is 0 Å². The van der Waals surface area contributed by atoms with Crippen LogP contribution in [0.5, 0.6) is 0 Å². The summed E-state index contributed by atoms with van der Waals surface area (Å²) < 4.78 is 5.33. The SMILES string of the molecule is O=C(NC1CN(Cc2ccccc2)CCC1CO)OCc1ccccc1. The van der Waals surface area contributed by atoms with E-state index in [1.807, 2.05) is 48.5 Å². The molecule has 5 heteroatoms. The third kappa shape index (κ3) is 5.31. The van der Waals surface area contributed by atoms with Crippen LogP contribution in [0.25, 0.3) is 0 Å². The highest BCUT2D eigenvalue weighted by molar-refractivity contribution is 5.67. The van der Waals surface area contributed by atoms with Crippen LogP contribution in [0.15, 0.2) is 60.7 Å². The van der Waals surface area contributed by atoms with Crippen molar-refractivity contribution in [3.8, 4) is 0 Å². The standard InChI is InChI=1S/C21H26N2O3/c24-15-19-11-12-23(13-17-7-3-1-4-8-17)14-20(19)22-21(25)26-16-18-9-5-2-6-10-18/h1-10,19-20,24H,11-16H2,(H,22,25). The molecule has 1 aliphatic rings. The molecule has 2 atom stereocenters. The Morgan fingerprint density at radius 1 is 1.08 bits per heavy atom. The Kier molecular flexibility index (Phi) is 6.63. The molecule has 2 aromatic rings. The summed E-state index contributed by atoms with van der Waals surface area (Å²) in [5.41, 5.74) is 2.20. The highest BCUT2D eigenvalue weighted by Crippen LogP contribution is 2.19. The second-order valence-corrected chi connectivity index (χ2v) is 6.76. The van der Waals surface area contributed by atoms with Crippen LogP contribution in [-0.4, -0.2) is 41.8 Å². The molecule has 5 nitrogen and oxygen atoms in total. The van der Waals surface area contributed by atoms with Crippen molar-refractivity contribution in [2.75, 3.05) is 19.7 Å². The molecule has 26 heavy (non-hydrogen) atoms. The molecular weight excluding hydrogens is 328 g/mol. The molecule has 0 spiro atoms. The van der Waals surface area contributed by atoms with E-state index in [4.69, 9.17) is 4.74 Å². The lowest BCUT2D eigenvalue weighted by atomic mass is 9.92. The van der Waals surface area contributed by atoms with Gasteiger partial charge < -0.3 is 15.2 Å². The number of piperidine rings is 1. The van der Waals surface area contributed by atoms with Crippen molar-refractivity contribution < 1.29 is 14.6 Å². The van der Waals surface area contributed by atoms with Crippen LogP contribution < -0.4 is 5.32 Å². The van der Waals surface area contributed by atoms with Gasteiger partial charge in [-0.25, -0.2) is 4.79 Å². The first kappa shape index (κ1) is 18.4. The third-order valence-electron chi connectivity index (χ3n) is 4.84. The first-order valence-electron chi connectivity index (χ1n) is 9.09. The number of nitrogens with zero attached hydrogens (tertiary/aromatic N) is 1. The van der Waals surface area contributed by atoms with Crippen molar-refractivity contribution in [2.45, 2.75) is 25.6 Å². The minimum absolute atomic E-state index is 0.0614. The maximum Gasteiger partial charge on any atom is 0.407 e. The van der Waals surface area contributed by atoms with Gasteiger partial charge in [0.15, 0.2) is 0 Å². The van der Waals surface area contributed by atoms with E-state index in [-0.39, 0.29) is 25.2 Å². The van der Waals surface area contributed by atoms with Gasteiger partial charge in [-0.1, -0.05) is 60.7 Å². The zero-order valence-corrected chi connectivity index (χ0v) is 14.9. The first-order valence-corrected chi connectivity index (χ1v) is 9.09. The number of hydrogen-bond acceptors (Lipinski definition) is 4. The summed E-state index contributed by atoms with van der Waals surface area (Å²) in [5, 5.41) is 12.6. The average Bonchev–Trinajstić information content (AvgIpc) is 2.68. The van der Waals surface area contributed by atoms with Crippen molar-refractivity contribution in [2.24, 2.45) is 5.92 Å². The summed E-state index contributed by atoms with van der Waals surface area (Å²) in [6.07, 6.45) is 0.423. The second-order valence-electron chi connectivity index (χ2n) is 6.76. The van der Waals surface area contributed by atoms with E-state index in [1.54, 1.807) is 0 Å². The van der Waals surface area contributed by atoms with Gasteiger partial charge in [0.2, 0.25) is 0 Å². The van der Waals surface area contributed by atoms with Crippen LogP contribution >= 0.6 is 0 Å². The number of amides is 1. The Labute approximate surface area is 154 Å². The van der Waals surface area contributed by atoms with Crippen LogP contribution in [0.2, 0.25) is 0 Å². The normalized spacial score (nSPS) is 20.5. The van der Waals surface area contributed by atoms with Gasteiger partial charge in [-0.3, -0.25) is 4.90 Å². The van der Waals surface area contributed by atoms with Gasteiger partial charge in [-0.2, -0.15) is 0 Å². The van der Waals surface area contributed by atoms with Crippen LogP contribution in [0.4, 0.5) is 4.79 Å². The quantitative estimate of drug-likeness (QED) is 0.837. The molecule has 2 aromatic carbocycles. The molecule has 2 unspecified atom stereocenters. The van der Waals surface area contributed by atoms with Crippen molar-refractivity contribution in [1.82, 2.24) is 10.2 Å². The fourth-order valence-electron chi connectivity index (χ4n) is 3.35. The Balaban J connectivity index is 1.52. The molecule has 0 aliphatic carbocycles. The Morgan fingerprint density at radius 2 is 1.73 bits per heavy atom. The van der Waals surface area contributed by atoms with E-state index < -0.39 is 6.09 Å². The monoisotopic (exact) mass is 354 g/mol.